The van der Waals surface area contributed by atoms with E-state index in [0.29, 0.717) is 6.54 Å². The van der Waals surface area contributed by atoms with Crippen LogP contribution in [0.25, 0.3) is 0 Å². The highest BCUT2D eigenvalue weighted by Gasteiger charge is 2.25. The van der Waals surface area contributed by atoms with Crippen molar-refractivity contribution in [1.82, 2.24) is 10.6 Å². The summed E-state index contributed by atoms with van der Waals surface area (Å²) in [6.07, 6.45) is 1.21. The topological polar surface area (TPSA) is 75.2 Å². The maximum Gasteiger partial charge on any atom is 0.307 e. The molecule has 0 aliphatic carbocycles. The van der Waals surface area contributed by atoms with Gasteiger partial charge in [0.25, 0.3) is 0 Å². The summed E-state index contributed by atoms with van der Waals surface area (Å²) in [7, 11) is 1.70. The summed E-state index contributed by atoms with van der Waals surface area (Å²) in [4.78, 5) is 18.5. The van der Waals surface area contributed by atoms with E-state index in [4.69, 9.17) is 9.47 Å². The van der Waals surface area contributed by atoms with Gasteiger partial charge < -0.3 is 25.0 Å². The van der Waals surface area contributed by atoms with Gasteiger partial charge in [0.15, 0.2) is 5.96 Å². The number of esters is 1. The minimum absolute atomic E-state index is 0. The van der Waals surface area contributed by atoms with Crippen molar-refractivity contribution >= 4 is 41.6 Å². The Bertz CT molecular complexity index is 640. The lowest BCUT2D eigenvalue weighted by Crippen LogP contribution is -2.44. The lowest BCUT2D eigenvalue weighted by Gasteiger charge is -2.22. The Kier molecular flexibility index (Phi) is 11.0. The Morgan fingerprint density at radius 2 is 2.11 bits per heavy atom. The Labute approximate surface area is 185 Å². The summed E-state index contributed by atoms with van der Waals surface area (Å²) in [5.74, 6) is 1.41. The SMILES string of the molecule is CCNC(=NCCC(=O)OC(C)C)NC1CCN(c2ccccc2OC)C1.I. The van der Waals surface area contributed by atoms with Crippen LogP contribution in [0.5, 0.6) is 5.75 Å². The normalized spacial score (nSPS) is 16.5. The molecule has 1 unspecified atom stereocenters. The van der Waals surface area contributed by atoms with Crippen LogP contribution in [0, 0.1) is 0 Å². The third-order valence-corrected chi connectivity index (χ3v) is 4.25. The van der Waals surface area contributed by atoms with Crippen molar-refractivity contribution in [3.63, 3.8) is 0 Å². The molecular weight excluding hydrogens is 471 g/mol. The number of aliphatic imine (C=N–C) groups is 1. The van der Waals surface area contributed by atoms with E-state index in [1.807, 2.05) is 39.0 Å². The number of hydrogen-bond acceptors (Lipinski definition) is 5. The van der Waals surface area contributed by atoms with Crippen molar-refractivity contribution in [2.75, 3.05) is 38.2 Å². The fourth-order valence-electron chi connectivity index (χ4n) is 3.08. The number of guanidine groups is 1. The molecule has 0 spiro atoms. The quantitative estimate of drug-likeness (QED) is 0.246. The number of carbonyl (C=O) groups excluding carboxylic acids is 1. The zero-order chi connectivity index (χ0) is 19.6. The molecule has 1 fully saturated rings. The van der Waals surface area contributed by atoms with Gasteiger partial charge in [-0.05, 0) is 39.3 Å². The van der Waals surface area contributed by atoms with Gasteiger partial charge in [-0.15, -0.1) is 24.0 Å². The molecule has 7 nitrogen and oxygen atoms in total. The molecule has 0 radical (unpaired) electrons. The Morgan fingerprint density at radius 3 is 2.79 bits per heavy atom. The van der Waals surface area contributed by atoms with Crippen molar-refractivity contribution in [3.8, 4) is 5.75 Å². The van der Waals surface area contributed by atoms with E-state index in [1.165, 1.54) is 0 Å². The summed E-state index contributed by atoms with van der Waals surface area (Å²) in [5, 5.41) is 6.72. The highest BCUT2D eigenvalue weighted by Crippen LogP contribution is 2.30. The molecule has 1 aromatic carbocycles. The molecule has 1 saturated heterocycles. The summed E-state index contributed by atoms with van der Waals surface area (Å²) in [5.41, 5.74) is 1.11. The van der Waals surface area contributed by atoms with E-state index in [-0.39, 0.29) is 48.5 Å². The maximum atomic E-state index is 11.6. The number of ether oxygens (including phenoxy) is 2. The Balaban J connectivity index is 0.00000392. The molecule has 158 valence electrons. The van der Waals surface area contributed by atoms with E-state index < -0.39 is 0 Å². The molecule has 1 heterocycles. The predicted molar refractivity (Wildman–Crippen MR) is 124 cm³/mol. The number of benzene rings is 1. The average molecular weight is 504 g/mol. The summed E-state index contributed by atoms with van der Waals surface area (Å²) < 4.78 is 10.6. The van der Waals surface area contributed by atoms with Gasteiger partial charge >= 0.3 is 5.97 Å². The fourth-order valence-corrected chi connectivity index (χ4v) is 3.08. The first-order valence-corrected chi connectivity index (χ1v) is 9.65. The van der Waals surface area contributed by atoms with Crippen LogP contribution in [0.1, 0.15) is 33.6 Å². The Morgan fingerprint density at radius 1 is 1.36 bits per heavy atom. The highest BCUT2D eigenvalue weighted by atomic mass is 127. The molecule has 2 rings (SSSR count). The molecule has 2 N–H and O–H groups in total. The van der Waals surface area contributed by atoms with Gasteiger partial charge in [-0.25, -0.2) is 0 Å². The molecule has 1 aromatic rings. The second-order valence-electron chi connectivity index (χ2n) is 6.80. The molecule has 28 heavy (non-hydrogen) atoms. The summed E-state index contributed by atoms with van der Waals surface area (Å²) in [6.45, 7) is 8.73. The third-order valence-electron chi connectivity index (χ3n) is 4.25. The first kappa shape index (κ1) is 24.3. The average Bonchev–Trinajstić information content (AvgIpc) is 3.09. The maximum absolute atomic E-state index is 11.6. The van der Waals surface area contributed by atoms with Gasteiger partial charge in [-0.3, -0.25) is 9.79 Å². The second kappa shape index (κ2) is 12.7. The molecule has 0 amide bonds. The molecule has 1 aliphatic heterocycles. The number of anilines is 1. The van der Waals surface area contributed by atoms with Gasteiger partial charge in [-0.2, -0.15) is 0 Å². The number of carbonyl (C=O) groups is 1. The van der Waals surface area contributed by atoms with Crippen molar-refractivity contribution in [2.24, 2.45) is 4.99 Å². The lowest BCUT2D eigenvalue weighted by atomic mass is 10.2. The van der Waals surface area contributed by atoms with E-state index in [0.717, 1.165) is 43.5 Å². The molecular formula is C20H33IN4O3. The van der Waals surface area contributed by atoms with E-state index in [1.54, 1.807) is 7.11 Å². The highest BCUT2D eigenvalue weighted by molar-refractivity contribution is 14.0. The first-order chi connectivity index (χ1) is 13.0. The number of nitrogens with one attached hydrogen (secondary N) is 2. The van der Waals surface area contributed by atoms with Crippen LogP contribution in [-0.2, 0) is 9.53 Å². The molecule has 8 heteroatoms. The van der Waals surface area contributed by atoms with Gasteiger partial charge in [0.05, 0.1) is 31.9 Å². The summed E-state index contributed by atoms with van der Waals surface area (Å²) in [6, 6.07) is 8.36. The number of para-hydroxylation sites is 2. The van der Waals surface area contributed by atoms with E-state index in [9.17, 15) is 4.79 Å². The minimum Gasteiger partial charge on any atom is -0.495 e. The predicted octanol–water partition coefficient (Wildman–Crippen LogP) is 2.79. The molecule has 1 aliphatic rings. The third kappa shape index (κ3) is 7.73. The van der Waals surface area contributed by atoms with Crippen LogP contribution in [0.3, 0.4) is 0 Å². The van der Waals surface area contributed by atoms with Crippen molar-refractivity contribution in [2.45, 2.75) is 45.8 Å². The molecule has 1 atom stereocenters. The van der Waals surface area contributed by atoms with E-state index >= 15 is 0 Å². The smallest absolute Gasteiger partial charge is 0.307 e. The van der Waals surface area contributed by atoms with Gasteiger partial charge in [0.1, 0.15) is 5.75 Å². The largest absolute Gasteiger partial charge is 0.495 e. The standard InChI is InChI=1S/C20H32N4O3.HI/c1-5-21-20(22-12-10-19(25)27-15(2)3)23-16-11-13-24(14-16)17-8-6-7-9-18(17)26-4;/h6-9,15-16H,5,10-14H2,1-4H3,(H2,21,22,23);1H. The molecule has 0 aromatic heterocycles. The van der Waals surface area contributed by atoms with Gasteiger partial charge in [0, 0.05) is 25.7 Å². The van der Waals surface area contributed by atoms with Crippen LogP contribution >= 0.6 is 24.0 Å². The molecule has 0 saturated carbocycles. The zero-order valence-electron chi connectivity index (χ0n) is 17.2. The fraction of sp³-hybridized carbons (Fsp3) is 0.600. The Hall–Kier alpha value is -1.71. The number of halogens is 1. The van der Waals surface area contributed by atoms with Crippen LogP contribution in [-0.4, -0.2) is 57.4 Å². The van der Waals surface area contributed by atoms with Gasteiger partial charge in [0.2, 0.25) is 0 Å². The molecule has 0 bridgehead atoms. The number of methoxy groups -OCH3 is 1. The van der Waals surface area contributed by atoms with Crippen LogP contribution in [0.2, 0.25) is 0 Å². The lowest BCUT2D eigenvalue weighted by molar-refractivity contribution is -0.147. The number of hydrogen-bond donors (Lipinski definition) is 2. The van der Waals surface area contributed by atoms with Crippen LogP contribution in [0.4, 0.5) is 5.69 Å². The van der Waals surface area contributed by atoms with Crippen LogP contribution < -0.4 is 20.3 Å². The van der Waals surface area contributed by atoms with Crippen molar-refractivity contribution in [3.05, 3.63) is 24.3 Å². The second-order valence-corrected chi connectivity index (χ2v) is 6.80. The van der Waals surface area contributed by atoms with E-state index in [2.05, 4.69) is 26.6 Å². The van der Waals surface area contributed by atoms with Gasteiger partial charge in [-0.1, -0.05) is 12.1 Å². The van der Waals surface area contributed by atoms with Crippen molar-refractivity contribution in [1.29, 1.82) is 0 Å². The monoisotopic (exact) mass is 504 g/mol. The summed E-state index contributed by atoms with van der Waals surface area (Å²) >= 11 is 0. The first-order valence-electron chi connectivity index (χ1n) is 9.65. The number of nitrogens with zero attached hydrogens (tertiary/aromatic N) is 2. The minimum atomic E-state index is -0.215. The number of rotatable bonds is 8. The van der Waals surface area contributed by atoms with Crippen LogP contribution in [0.15, 0.2) is 29.3 Å². The zero-order valence-corrected chi connectivity index (χ0v) is 19.6. The van der Waals surface area contributed by atoms with Crippen molar-refractivity contribution < 1.29 is 14.3 Å².